The smallest absolute Gasteiger partial charge is 0.340 e. The topological polar surface area (TPSA) is 102 Å². The summed E-state index contributed by atoms with van der Waals surface area (Å²) in [5.74, 6) is -3.95. The standard InChI is InChI=1S/C21H13F2NO5/c22-14-4-12-18(6-16(14)25)28-19-7-17(26)15(23)5-13(19)21(12)11-2-1-9(8-24)3-10(11)20(27)29-21/h1-7,25-26H,8,24H2. The molecule has 0 unspecified atom stereocenters. The summed E-state index contributed by atoms with van der Waals surface area (Å²) in [6, 6.07) is 8.90. The molecule has 2 heterocycles. The third-order valence-corrected chi connectivity index (χ3v) is 5.24. The lowest BCUT2D eigenvalue weighted by Crippen LogP contribution is -2.33. The fraction of sp³-hybridized carbons (Fsp3) is 0.0952. The Morgan fingerprint density at radius 2 is 1.48 bits per heavy atom. The molecule has 0 radical (unpaired) electrons. The van der Waals surface area contributed by atoms with E-state index in [9.17, 15) is 23.8 Å². The lowest BCUT2D eigenvalue weighted by atomic mass is 9.77. The maximum atomic E-state index is 14.3. The summed E-state index contributed by atoms with van der Waals surface area (Å²) in [6.07, 6.45) is 0. The van der Waals surface area contributed by atoms with E-state index in [0.29, 0.717) is 11.1 Å². The van der Waals surface area contributed by atoms with Gasteiger partial charge in [-0.1, -0.05) is 12.1 Å². The summed E-state index contributed by atoms with van der Waals surface area (Å²) in [6.45, 7) is 0.189. The van der Waals surface area contributed by atoms with Crippen molar-refractivity contribution in [2.75, 3.05) is 0 Å². The molecule has 0 saturated carbocycles. The van der Waals surface area contributed by atoms with Crippen LogP contribution in [0.15, 0.2) is 42.5 Å². The zero-order valence-corrected chi connectivity index (χ0v) is 14.7. The van der Waals surface area contributed by atoms with Crippen LogP contribution in [0.3, 0.4) is 0 Å². The number of fused-ring (bicyclic) bond motifs is 6. The number of carbonyl (C=O) groups excluding carboxylic acids is 1. The first kappa shape index (κ1) is 17.4. The zero-order valence-electron chi connectivity index (χ0n) is 14.7. The number of hydrogen-bond acceptors (Lipinski definition) is 6. The molecule has 0 aliphatic carbocycles. The van der Waals surface area contributed by atoms with Crippen LogP contribution in [0, 0.1) is 11.6 Å². The summed E-state index contributed by atoms with van der Waals surface area (Å²) >= 11 is 0. The van der Waals surface area contributed by atoms with Crippen molar-refractivity contribution in [1.29, 1.82) is 0 Å². The Kier molecular flexibility index (Phi) is 3.42. The number of esters is 1. The van der Waals surface area contributed by atoms with Gasteiger partial charge in [-0.3, -0.25) is 0 Å². The Labute approximate surface area is 162 Å². The summed E-state index contributed by atoms with van der Waals surface area (Å²) in [4.78, 5) is 12.7. The molecule has 2 aliphatic rings. The predicted octanol–water partition coefficient (Wildman–Crippen LogP) is 3.40. The second kappa shape index (κ2) is 5.68. The molecule has 3 aromatic carbocycles. The highest BCUT2D eigenvalue weighted by Crippen LogP contribution is 2.57. The molecular weight excluding hydrogens is 384 g/mol. The van der Waals surface area contributed by atoms with E-state index in [4.69, 9.17) is 15.2 Å². The number of halogens is 2. The summed E-state index contributed by atoms with van der Waals surface area (Å²) in [5, 5.41) is 19.6. The molecule has 0 amide bonds. The van der Waals surface area contributed by atoms with Crippen molar-refractivity contribution in [1.82, 2.24) is 0 Å². The number of phenols is 2. The van der Waals surface area contributed by atoms with Crippen LogP contribution in [0.5, 0.6) is 23.0 Å². The van der Waals surface area contributed by atoms with E-state index in [1.807, 2.05) is 0 Å². The Bertz CT molecular complexity index is 1170. The maximum Gasteiger partial charge on any atom is 0.340 e. The first-order chi connectivity index (χ1) is 13.8. The van der Waals surface area contributed by atoms with Crippen LogP contribution in [0.25, 0.3) is 0 Å². The summed E-state index contributed by atoms with van der Waals surface area (Å²) in [7, 11) is 0. The van der Waals surface area contributed by atoms with Crippen molar-refractivity contribution in [3.63, 3.8) is 0 Å². The predicted molar refractivity (Wildman–Crippen MR) is 95.8 cm³/mol. The van der Waals surface area contributed by atoms with Crippen LogP contribution in [0.4, 0.5) is 8.78 Å². The van der Waals surface area contributed by atoms with E-state index < -0.39 is 34.7 Å². The minimum atomic E-state index is -1.72. The lowest BCUT2D eigenvalue weighted by molar-refractivity contribution is 0.0221. The van der Waals surface area contributed by atoms with Gasteiger partial charge in [0.2, 0.25) is 0 Å². The molecule has 0 fully saturated rings. The van der Waals surface area contributed by atoms with Gasteiger partial charge in [-0.15, -0.1) is 0 Å². The Balaban J connectivity index is 1.90. The summed E-state index contributed by atoms with van der Waals surface area (Å²) < 4.78 is 40.0. The van der Waals surface area contributed by atoms with E-state index in [-0.39, 0.29) is 34.7 Å². The minimum Gasteiger partial charge on any atom is -0.505 e. The van der Waals surface area contributed by atoms with Gasteiger partial charge in [0.15, 0.2) is 28.7 Å². The molecule has 0 aromatic heterocycles. The van der Waals surface area contributed by atoms with E-state index in [0.717, 1.165) is 24.3 Å². The molecule has 29 heavy (non-hydrogen) atoms. The van der Waals surface area contributed by atoms with Crippen molar-refractivity contribution in [2.45, 2.75) is 12.1 Å². The van der Waals surface area contributed by atoms with Gasteiger partial charge in [0.05, 0.1) is 16.7 Å². The third kappa shape index (κ3) is 2.20. The quantitative estimate of drug-likeness (QED) is 0.544. The van der Waals surface area contributed by atoms with Gasteiger partial charge < -0.3 is 25.4 Å². The normalized spacial score (nSPS) is 15.3. The van der Waals surface area contributed by atoms with Crippen molar-refractivity contribution >= 4 is 5.97 Å². The monoisotopic (exact) mass is 397 g/mol. The van der Waals surface area contributed by atoms with Gasteiger partial charge in [-0.05, 0) is 23.8 Å². The average molecular weight is 397 g/mol. The molecule has 0 bridgehead atoms. The highest BCUT2D eigenvalue weighted by atomic mass is 19.1. The Morgan fingerprint density at radius 1 is 0.897 bits per heavy atom. The van der Waals surface area contributed by atoms with Crippen molar-refractivity contribution in [2.24, 2.45) is 5.73 Å². The summed E-state index contributed by atoms with van der Waals surface area (Å²) in [5.41, 5.74) is 5.33. The molecule has 6 nitrogen and oxygen atoms in total. The molecular formula is C21H13F2NO5. The van der Waals surface area contributed by atoms with Crippen LogP contribution < -0.4 is 10.5 Å². The number of phenolic OH excluding ortho intramolecular Hbond substituents is 2. The molecule has 1 spiro atoms. The fourth-order valence-corrected chi connectivity index (χ4v) is 3.91. The second-order valence-corrected chi connectivity index (χ2v) is 6.86. The number of carbonyl (C=O) groups is 1. The first-order valence-electron chi connectivity index (χ1n) is 8.66. The molecule has 3 aromatic rings. The SMILES string of the molecule is NCc1ccc2c(c1)C(=O)OC21c2cc(F)c(O)cc2Oc2cc(O)c(F)cc21. The highest BCUT2D eigenvalue weighted by Gasteiger charge is 2.54. The van der Waals surface area contributed by atoms with E-state index in [2.05, 4.69) is 0 Å². The Morgan fingerprint density at radius 3 is 2.03 bits per heavy atom. The van der Waals surface area contributed by atoms with Crippen LogP contribution in [-0.4, -0.2) is 16.2 Å². The molecule has 2 aliphatic heterocycles. The molecule has 5 rings (SSSR count). The van der Waals surface area contributed by atoms with E-state index in [1.54, 1.807) is 18.2 Å². The number of hydrogen-bond donors (Lipinski definition) is 3. The van der Waals surface area contributed by atoms with Crippen molar-refractivity contribution in [3.05, 3.63) is 81.9 Å². The third-order valence-electron chi connectivity index (χ3n) is 5.24. The number of benzene rings is 3. The number of aromatic hydroxyl groups is 2. The van der Waals surface area contributed by atoms with Gasteiger partial charge in [-0.25, -0.2) is 13.6 Å². The van der Waals surface area contributed by atoms with Gasteiger partial charge in [0.25, 0.3) is 0 Å². The molecule has 8 heteroatoms. The van der Waals surface area contributed by atoms with Crippen LogP contribution in [0.2, 0.25) is 0 Å². The molecule has 0 atom stereocenters. The highest BCUT2D eigenvalue weighted by molar-refractivity contribution is 5.97. The molecule has 0 saturated heterocycles. The second-order valence-electron chi connectivity index (χ2n) is 6.86. The lowest BCUT2D eigenvalue weighted by Gasteiger charge is -2.36. The van der Waals surface area contributed by atoms with Gasteiger partial charge in [-0.2, -0.15) is 0 Å². The van der Waals surface area contributed by atoms with Gasteiger partial charge >= 0.3 is 5.97 Å². The Hall–Kier alpha value is -3.65. The van der Waals surface area contributed by atoms with Gasteiger partial charge in [0.1, 0.15) is 11.5 Å². The zero-order chi connectivity index (χ0) is 20.5. The maximum absolute atomic E-state index is 14.3. The van der Waals surface area contributed by atoms with Crippen LogP contribution in [0.1, 0.15) is 32.6 Å². The van der Waals surface area contributed by atoms with Crippen LogP contribution in [-0.2, 0) is 16.9 Å². The molecule has 4 N–H and O–H groups in total. The van der Waals surface area contributed by atoms with Crippen LogP contribution >= 0.6 is 0 Å². The number of rotatable bonds is 1. The first-order valence-corrected chi connectivity index (χ1v) is 8.66. The molecule has 146 valence electrons. The fourth-order valence-electron chi connectivity index (χ4n) is 3.91. The number of ether oxygens (including phenoxy) is 2. The van der Waals surface area contributed by atoms with Crippen molar-refractivity contribution in [3.8, 4) is 23.0 Å². The minimum absolute atomic E-state index is 0.00552. The van der Waals surface area contributed by atoms with Crippen molar-refractivity contribution < 1.29 is 33.3 Å². The van der Waals surface area contributed by atoms with Gasteiger partial charge in [0, 0.05) is 24.2 Å². The largest absolute Gasteiger partial charge is 0.505 e. The van der Waals surface area contributed by atoms with E-state index in [1.165, 1.54) is 0 Å². The van der Waals surface area contributed by atoms with E-state index >= 15 is 0 Å². The number of nitrogens with two attached hydrogens (primary N) is 1. The average Bonchev–Trinajstić information content (AvgIpc) is 2.98.